The van der Waals surface area contributed by atoms with E-state index in [0.29, 0.717) is 18.6 Å². The summed E-state index contributed by atoms with van der Waals surface area (Å²) >= 11 is 0. The number of carbonyl (C=O) groups is 2. The van der Waals surface area contributed by atoms with Crippen molar-refractivity contribution in [3.8, 4) is 0 Å². The Morgan fingerprint density at radius 1 is 1.25 bits per heavy atom. The Morgan fingerprint density at radius 3 is 2.17 bits per heavy atom. The van der Waals surface area contributed by atoms with Gasteiger partial charge in [0.05, 0.1) is 5.92 Å². The van der Waals surface area contributed by atoms with Crippen molar-refractivity contribution in [1.82, 2.24) is 0 Å². The van der Waals surface area contributed by atoms with Crippen LogP contribution in [0.25, 0.3) is 0 Å². The Morgan fingerprint density at radius 2 is 1.75 bits per heavy atom. The van der Waals surface area contributed by atoms with E-state index in [1.807, 2.05) is 0 Å². The van der Waals surface area contributed by atoms with Crippen LogP contribution in [0.2, 0.25) is 0 Å². The van der Waals surface area contributed by atoms with Crippen molar-refractivity contribution < 1.29 is 14.7 Å². The number of rotatable bonds is 1. The fraction of sp³-hybridized carbons (Fsp3) is 0.778. The molecule has 0 amide bonds. The Hall–Kier alpha value is -0.860. The fourth-order valence-electron chi connectivity index (χ4n) is 2.47. The molecule has 0 saturated heterocycles. The lowest BCUT2D eigenvalue weighted by Crippen LogP contribution is -2.30. The molecule has 0 unspecified atom stereocenters. The fourth-order valence-corrected chi connectivity index (χ4v) is 2.47. The second-order valence-corrected chi connectivity index (χ2v) is 3.88. The maximum absolute atomic E-state index is 11.4. The van der Waals surface area contributed by atoms with Gasteiger partial charge in [0.2, 0.25) is 0 Å². The quantitative estimate of drug-likeness (QED) is 0.637. The summed E-state index contributed by atoms with van der Waals surface area (Å²) in [5.41, 5.74) is 0. The van der Waals surface area contributed by atoms with Gasteiger partial charge in [-0.3, -0.25) is 9.59 Å². The Labute approximate surface area is 70.8 Å². The minimum Gasteiger partial charge on any atom is -0.481 e. The van der Waals surface area contributed by atoms with Gasteiger partial charge in [0.15, 0.2) is 0 Å². The summed E-state index contributed by atoms with van der Waals surface area (Å²) in [6.45, 7) is 0. The van der Waals surface area contributed by atoms with E-state index in [0.717, 1.165) is 12.8 Å². The highest BCUT2D eigenvalue weighted by molar-refractivity contribution is 5.88. The molecule has 12 heavy (non-hydrogen) atoms. The van der Waals surface area contributed by atoms with Gasteiger partial charge in [-0.15, -0.1) is 0 Å². The molecule has 0 aromatic rings. The smallest absolute Gasteiger partial charge is 0.306 e. The minimum atomic E-state index is -0.723. The standard InChI is InChI=1S/C9H12O3/c10-8-5-1-2-6(8)4-7(3-5)9(11)12/h5-7H,1-4H2,(H,11,12)/t5-,6-/m1/s1. The Kier molecular flexibility index (Phi) is 1.67. The minimum absolute atomic E-state index is 0.0739. The second kappa shape index (κ2) is 2.57. The molecule has 66 valence electrons. The number of carboxylic acids is 1. The van der Waals surface area contributed by atoms with Crippen LogP contribution in [0.4, 0.5) is 0 Å². The van der Waals surface area contributed by atoms with Gasteiger partial charge >= 0.3 is 5.97 Å². The summed E-state index contributed by atoms with van der Waals surface area (Å²) in [5, 5.41) is 8.78. The van der Waals surface area contributed by atoms with Gasteiger partial charge in [-0.05, 0) is 25.7 Å². The van der Waals surface area contributed by atoms with Gasteiger partial charge in [-0.25, -0.2) is 0 Å². The first-order valence-corrected chi connectivity index (χ1v) is 4.45. The van der Waals surface area contributed by atoms with E-state index >= 15 is 0 Å². The molecule has 3 heteroatoms. The third-order valence-corrected chi connectivity index (χ3v) is 3.16. The van der Waals surface area contributed by atoms with E-state index in [1.54, 1.807) is 0 Å². The van der Waals surface area contributed by atoms with Crippen molar-refractivity contribution >= 4 is 11.8 Å². The number of hydrogen-bond acceptors (Lipinski definition) is 2. The average Bonchev–Trinajstić information content (AvgIpc) is 2.30. The normalized spacial score (nSPS) is 40.0. The number of carboxylic acid groups (broad SMARTS) is 1. The summed E-state index contributed by atoms with van der Waals surface area (Å²) in [7, 11) is 0. The molecule has 1 N–H and O–H groups in total. The highest BCUT2D eigenvalue weighted by Gasteiger charge is 2.43. The summed E-state index contributed by atoms with van der Waals surface area (Å²) in [6, 6.07) is 0. The molecule has 0 spiro atoms. The lowest BCUT2D eigenvalue weighted by molar-refractivity contribution is -0.145. The van der Waals surface area contributed by atoms with E-state index in [-0.39, 0.29) is 17.8 Å². The van der Waals surface area contributed by atoms with Gasteiger partial charge in [0.25, 0.3) is 0 Å². The van der Waals surface area contributed by atoms with Crippen LogP contribution in [0.5, 0.6) is 0 Å². The molecule has 2 aliphatic carbocycles. The zero-order valence-corrected chi connectivity index (χ0v) is 6.82. The lowest BCUT2D eigenvalue weighted by Gasteiger charge is -2.23. The first-order valence-electron chi connectivity index (χ1n) is 4.45. The second-order valence-electron chi connectivity index (χ2n) is 3.88. The Balaban J connectivity index is 2.12. The van der Waals surface area contributed by atoms with E-state index in [4.69, 9.17) is 5.11 Å². The molecule has 0 radical (unpaired) electrons. The molecule has 3 nitrogen and oxygen atoms in total. The van der Waals surface area contributed by atoms with Crippen LogP contribution in [-0.2, 0) is 9.59 Å². The monoisotopic (exact) mass is 168 g/mol. The number of fused-ring (bicyclic) bond motifs is 2. The third-order valence-electron chi connectivity index (χ3n) is 3.16. The zero-order chi connectivity index (χ0) is 8.72. The third kappa shape index (κ3) is 1.04. The molecule has 0 aromatic heterocycles. The topological polar surface area (TPSA) is 54.4 Å². The molecular weight excluding hydrogens is 156 g/mol. The van der Waals surface area contributed by atoms with Crippen molar-refractivity contribution in [1.29, 1.82) is 0 Å². The molecule has 2 rings (SSSR count). The average molecular weight is 168 g/mol. The van der Waals surface area contributed by atoms with Crippen LogP contribution in [-0.4, -0.2) is 16.9 Å². The van der Waals surface area contributed by atoms with Gasteiger partial charge in [0, 0.05) is 11.8 Å². The SMILES string of the molecule is O=C(O)C1C[C@H]2CC[C@H](C1)C2=O. The molecule has 0 heterocycles. The highest BCUT2D eigenvalue weighted by atomic mass is 16.4. The van der Waals surface area contributed by atoms with Crippen LogP contribution in [0.1, 0.15) is 25.7 Å². The van der Waals surface area contributed by atoms with Crippen LogP contribution in [0.15, 0.2) is 0 Å². The summed E-state index contributed by atoms with van der Waals surface area (Å²) in [4.78, 5) is 22.0. The van der Waals surface area contributed by atoms with E-state index in [9.17, 15) is 9.59 Å². The first-order chi connectivity index (χ1) is 5.68. The van der Waals surface area contributed by atoms with Crippen LogP contribution >= 0.6 is 0 Å². The predicted octanol–water partition coefficient (Wildman–Crippen LogP) is 1.08. The summed E-state index contributed by atoms with van der Waals surface area (Å²) < 4.78 is 0. The van der Waals surface area contributed by atoms with Gasteiger partial charge in [-0.2, -0.15) is 0 Å². The van der Waals surface area contributed by atoms with Crippen molar-refractivity contribution in [2.45, 2.75) is 25.7 Å². The van der Waals surface area contributed by atoms with Crippen molar-refractivity contribution in [2.75, 3.05) is 0 Å². The van der Waals surface area contributed by atoms with Gasteiger partial charge in [-0.1, -0.05) is 0 Å². The number of ketones is 1. The van der Waals surface area contributed by atoms with Crippen molar-refractivity contribution in [2.24, 2.45) is 17.8 Å². The predicted molar refractivity (Wildman–Crippen MR) is 41.6 cm³/mol. The lowest BCUT2D eigenvalue weighted by atomic mass is 9.80. The molecule has 2 bridgehead atoms. The molecule has 2 fully saturated rings. The van der Waals surface area contributed by atoms with Crippen LogP contribution in [0, 0.1) is 17.8 Å². The molecule has 2 atom stereocenters. The van der Waals surface area contributed by atoms with Crippen LogP contribution in [0.3, 0.4) is 0 Å². The maximum atomic E-state index is 11.4. The van der Waals surface area contributed by atoms with Crippen molar-refractivity contribution in [3.05, 3.63) is 0 Å². The number of aliphatic carboxylic acids is 1. The van der Waals surface area contributed by atoms with Crippen LogP contribution < -0.4 is 0 Å². The molecule has 0 aliphatic heterocycles. The molecule has 0 aromatic carbocycles. The number of carbonyl (C=O) groups excluding carboxylic acids is 1. The summed E-state index contributed by atoms with van der Waals surface area (Å²) in [6.07, 6.45) is 3.02. The van der Waals surface area contributed by atoms with E-state index in [1.165, 1.54) is 0 Å². The van der Waals surface area contributed by atoms with E-state index in [2.05, 4.69) is 0 Å². The largest absolute Gasteiger partial charge is 0.481 e. The maximum Gasteiger partial charge on any atom is 0.306 e. The van der Waals surface area contributed by atoms with Gasteiger partial charge in [0.1, 0.15) is 5.78 Å². The summed E-state index contributed by atoms with van der Waals surface area (Å²) in [5.74, 6) is -0.498. The van der Waals surface area contributed by atoms with Crippen molar-refractivity contribution in [3.63, 3.8) is 0 Å². The Bertz CT molecular complexity index is 218. The first kappa shape index (κ1) is 7.77. The molecule has 2 aliphatic rings. The number of Topliss-reactive ketones (excluding diaryl/α,β-unsaturated/α-hetero) is 1. The molecule has 2 saturated carbocycles. The molecular formula is C9H12O3. The number of hydrogen-bond donors (Lipinski definition) is 1. The zero-order valence-electron chi connectivity index (χ0n) is 6.82. The van der Waals surface area contributed by atoms with E-state index < -0.39 is 5.97 Å². The van der Waals surface area contributed by atoms with Gasteiger partial charge < -0.3 is 5.11 Å². The highest BCUT2D eigenvalue weighted by Crippen LogP contribution is 2.41.